The summed E-state index contributed by atoms with van der Waals surface area (Å²) in [4.78, 5) is 13.3. The molecule has 2 aromatic heterocycles. The molecule has 0 unspecified atom stereocenters. The predicted molar refractivity (Wildman–Crippen MR) is 104 cm³/mol. The third-order valence-corrected chi connectivity index (χ3v) is 5.76. The summed E-state index contributed by atoms with van der Waals surface area (Å²) in [6.45, 7) is 5.42. The summed E-state index contributed by atoms with van der Waals surface area (Å²) in [6, 6.07) is 0. The van der Waals surface area contributed by atoms with Crippen molar-refractivity contribution in [3.05, 3.63) is 11.6 Å². The van der Waals surface area contributed by atoms with Crippen LogP contribution in [-0.2, 0) is 14.2 Å². The molecule has 0 bridgehead atoms. The lowest BCUT2D eigenvalue weighted by Crippen LogP contribution is -2.35. The van der Waals surface area contributed by atoms with Gasteiger partial charge in [0.1, 0.15) is 18.3 Å². The first kappa shape index (κ1) is 19.4. The van der Waals surface area contributed by atoms with Crippen molar-refractivity contribution in [3.8, 4) is 0 Å². The smallest absolute Gasteiger partial charge is 0.226 e. The molecule has 0 amide bonds. The van der Waals surface area contributed by atoms with Crippen molar-refractivity contribution in [2.24, 2.45) is 0 Å². The maximum atomic E-state index is 9.73. The van der Waals surface area contributed by atoms with Crippen LogP contribution in [0.25, 0.3) is 11.2 Å². The molecule has 2 aromatic rings. The minimum atomic E-state index is -0.755. The Morgan fingerprint density at radius 1 is 1.21 bits per heavy atom. The number of halogens is 1. The van der Waals surface area contributed by atoms with Gasteiger partial charge in [0.25, 0.3) is 0 Å². The number of ether oxygens (including phenoxy) is 3. The van der Waals surface area contributed by atoms with Crippen molar-refractivity contribution in [2.75, 3.05) is 25.1 Å². The quantitative estimate of drug-likeness (QED) is 0.709. The molecule has 10 nitrogen and oxygen atoms in total. The molecule has 5 heterocycles. The summed E-state index contributed by atoms with van der Waals surface area (Å²) < 4.78 is 19.8. The van der Waals surface area contributed by atoms with Gasteiger partial charge in [0.05, 0.1) is 12.9 Å². The standard InChI is InChI=1S/C18H25ClN6O4/c1-18(2)28-12-10(8-26)27-16(13(12)29-18)25-9-20-11-14(21-17(19)22-15(11)25)23-24-6-4-3-5-7-24/h9-10,12-13,16,26H,3-8H2,1-2H3,(H,21,22,23)/t10-,12-,13-,16-/m1/s1. The second-order valence-corrected chi connectivity index (χ2v) is 8.48. The summed E-state index contributed by atoms with van der Waals surface area (Å²) >= 11 is 6.23. The van der Waals surface area contributed by atoms with E-state index in [1.807, 2.05) is 13.8 Å². The highest BCUT2D eigenvalue weighted by molar-refractivity contribution is 6.28. The van der Waals surface area contributed by atoms with Gasteiger partial charge in [-0.25, -0.2) is 9.99 Å². The fourth-order valence-electron chi connectivity index (χ4n) is 4.34. The van der Waals surface area contributed by atoms with Crippen molar-refractivity contribution in [2.45, 2.75) is 63.4 Å². The number of anilines is 1. The molecule has 4 atom stereocenters. The molecular weight excluding hydrogens is 400 g/mol. The van der Waals surface area contributed by atoms with Gasteiger partial charge in [-0.1, -0.05) is 6.42 Å². The second kappa shape index (κ2) is 7.29. The van der Waals surface area contributed by atoms with Crippen molar-refractivity contribution < 1.29 is 19.3 Å². The number of hydrogen-bond donors (Lipinski definition) is 2. The number of aromatic nitrogens is 4. The van der Waals surface area contributed by atoms with Gasteiger partial charge in [-0.05, 0) is 38.3 Å². The number of nitrogens with one attached hydrogen (secondary N) is 1. The van der Waals surface area contributed by atoms with Gasteiger partial charge >= 0.3 is 0 Å². The van der Waals surface area contributed by atoms with Gasteiger partial charge < -0.3 is 24.7 Å². The molecule has 3 saturated heterocycles. The van der Waals surface area contributed by atoms with Gasteiger partial charge in [0.2, 0.25) is 5.28 Å². The molecule has 0 saturated carbocycles. The van der Waals surface area contributed by atoms with Crippen molar-refractivity contribution >= 4 is 28.6 Å². The molecule has 0 spiro atoms. The SMILES string of the molecule is CC1(C)O[C@@H]2[C@H](O1)[C@@H](CO)O[C@H]2n1cnc2c(NN3CCCCC3)nc(Cl)nc21. The van der Waals surface area contributed by atoms with E-state index in [0.717, 1.165) is 25.9 Å². The van der Waals surface area contributed by atoms with Crippen LogP contribution in [-0.4, -0.2) is 73.4 Å². The van der Waals surface area contributed by atoms with E-state index in [2.05, 4.69) is 25.4 Å². The third kappa shape index (κ3) is 3.47. The lowest BCUT2D eigenvalue weighted by Gasteiger charge is -2.27. The van der Waals surface area contributed by atoms with E-state index in [9.17, 15) is 5.11 Å². The fraction of sp³-hybridized carbons (Fsp3) is 0.722. The van der Waals surface area contributed by atoms with Gasteiger partial charge in [0.15, 0.2) is 29.0 Å². The van der Waals surface area contributed by atoms with E-state index in [1.54, 1.807) is 10.9 Å². The molecule has 11 heteroatoms. The molecule has 0 radical (unpaired) electrons. The highest BCUT2D eigenvalue weighted by Crippen LogP contribution is 2.43. The largest absolute Gasteiger partial charge is 0.394 e. The van der Waals surface area contributed by atoms with Crippen LogP contribution in [0.4, 0.5) is 5.82 Å². The topological polar surface area (TPSA) is 107 Å². The summed E-state index contributed by atoms with van der Waals surface area (Å²) in [7, 11) is 0. The minimum absolute atomic E-state index is 0.121. The normalized spacial score (nSPS) is 32.0. The maximum absolute atomic E-state index is 9.73. The van der Waals surface area contributed by atoms with E-state index < -0.39 is 24.2 Å². The molecule has 0 aromatic carbocycles. The van der Waals surface area contributed by atoms with Crippen LogP contribution >= 0.6 is 11.6 Å². The van der Waals surface area contributed by atoms with Gasteiger partial charge in [-0.2, -0.15) is 9.97 Å². The van der Waals surface area contributed by atoms with Crippen LogP contribution < -0.4 is 5.43 Å². The Hall–Kier alpha value is -1.56. The summed E-state index contributed by atoms with van der Waals surface area (Å²) in [6.07, 6.45) is 3.35. The van der Waals surface area contributed by atoms with Crippen molar-refractivity contribution in [1.29, 1.82) is 0 Å². The summed E-state index contributed by atoms with van der Waals surface area (Å²) in [5, 5.41) is 12.0. The van der Waals surface area contributed by atoms with Crippen LogP contribution in [0, 0.1) is 0 Å². The zero-order valence-corrected chi connectivity index (χ0v) is 17.2. The van der Waals surface area contributed by atoms with E-state index >= 15 is 0 Å². The van der Waals surface area contributed by atoms with E-state index in [1.165, 1.54) is 6.42 Å². The van der Waals surface area contributed by atoms with Crippen LogP contribution in [0.15, 0.2) is 6.33 Å². The van der Waals surface area contributed by atoms with Crippen LogP contribution in [0.2, 0.25) is 5.28 Å². The highest BCUT2D eigenvalue weighted by atomic mass is 35.5. The molecule has 3 aliphatic heterocycles. The number of hydrogen-bond acceptors (Lipinski definition) is 9. The first-order valence-corrected chi connectivity index (χ1v) is 10.4. The number of rotatable bonds is 4. The number of piperidine rings is 1. The lowest BCUT2D eigenvalue weighted by atomic mass is 10.1. The Morgan fingerprint density at radius 3 is 2.72 bits per heavy atom. The molecule has 29 heavy (non-hydrogen) atoms. The molecule has 2 N–H and O–H groups in total. The Kier molecular flexibility index (Phi) is 4.88. The Labute approximate surface area is 173 Å². The molecule has 0 aliphatic carbocycles. The van der Waals surface area contributed by atoms with E-state index in [0.29, 0.717) is 17.0 Å². The molecule has 3 fully saturated rings. The lowest BCUT2D eigenvalue weighted by molar-refractivity contribution is -0.199. The highest BCUT2D eigenvalue weighted by Gasteiger charge is 2.56. The zero-order chi connectivity index (χ0) is 20.2. The monoisotopic (exact) mass is 424 g/mol. The molecular formula is C18H25ClN6O4. The van der Waals surface area contributed by atoms with Crippen molar-refractivity contribution in [3.63, 3.8) is 0 Å². The first-order valence-electron chi connectivity index (χ1n) is 9.99. The fourth-order valence-corrected chi connectivity index (χ4v) is 4.50. The average Bonchev–Trinajstić information content (AvgIpc) is 3.33. The van der Waals surface area contributed by atoms with Crippen LogP contribution in [0.3, 0.4) is 0 Å². The number of hydrazine groups is 1. The second-order valence-electron chi connectivity index (χ2n) is 8.14. The Morgan fingerprint density at radius 2 is 1.97 bits per heavy atom. The number of nitrogens with zero attached hydrogens (tertiary/aromatic N) is 5. The minimum Gasteiger partial charge on any atom is -0.394 e. The van der Waals surface area contributed by atoms with Crippen LogP contribution in [0.5, 0.6) is 0 Å². The van der Waals surface area contributed by atoms with E-state index in [-0.39, 0.29) is 18.0 Å². The molecule has 5 rings (SSSR count). The Balaban J connectivity index is 1.49. The van der Waals surface area contributed by atoms with Crippen molar-refractivity contribution in [1.82, 2.24) is 24.5 Å². The zero-order valence-electron chi connectivity index (χ0n) is 16.4. The summed E-state index contributed by atoms with van der Waals surface area (Å²) in [5.41, 5.74) is 4.48. The third-order valence-electron chi connectivity index (χ3n) is 5.59. The summed E-state index contributed by atoms with van der Waals surface area (Å²) in [5.74, 6) is -0.188. The molecule has 158 valence electrons. The van der Waals surface area contributed by atoms with Gasteiger partial charge in [-0.3, -0.25) is 4.57 Å². The average molecular weight is 425 g/mol. The number of imidazole rings is 1. The number of aliphatic hydroxyl groups is 1. The van der Waals surface area contributed by atoms with Gasteiger partial charge in [0, 0.05) is 13.1 Å². The van der Waals surface area contributed by atoms with Gasteiger partial charge in [-0.15, -0.1) is 0 Å². The number of aliphatic hydroxyl groups excluding tert-OH is 1. The predicted octanol–water partition coefficient (Wildman–Crippen LogP) is 1.70. The molecule has 3 aliphatic rings. The van der Waals surface area contributed by atoms with E-state index in [4.69, 9.17) is 25.8 Å². The Bertz CT molecular complexity index is 902. The maximum Gasteiger partial charge on any atom is 0.226 e. The first-order chi connectivity index (χ1) is 13.9. The number of fused-ring (bicyclic) bond motifs is 2. The van der Waals surface area contributed by atoms with Crippen LogP contribution in [0.1, 0.15) is 39.3 Å².